The van der Waals surface area contributed by atoms with E-state index in [-0.39, 0.29) is 0 Å². The minimum absolute atomic E-state index is 0.518. The van der Waals surface area contributed by atoms with Gasteiger partial charge in [-0.25, -0.2) is 0 Å². The maximum atomic E-state index is 7.73. The Kier molecular flexibility index (Phi) is 4.74. The van der Waals surface area contributed by atoms with Crippen LogP contribution in [-0.2, 0) is 0 Å². The summed E-state index contributed by atoms with van der Waals surface area (Å²) in [6.45, 7) is 12.0. The van der Waals surface area contributed by atoms with Crippen molar-refractivity contribution in [3.05, 3.63) is 48.1 Å². The van der Waals surface area contributed by atoms with Gasteiger partial charge in [-0.3, -0.25) is 0 Å². The van der Waals surface area contributed by atoms with Gasteiger partial charge in [0.05, 0.1) is 0 Å². The molecule has 1 saturated heterocycles. The molecule has 1 aromatic carbocycles. The first kappa shape index (κ1) is 14.5. The Morgan fingerprint density at radius 1 is 1.25 bits per heavy atom. The Hall–Kier alpha value is -1.87. The molecule has 1 aliphatic heterocycles. The van der Waals surface area contributed by atoms with Gasteiger partial charge in [-0.15, -0.1) is 0 Å². The second-order valence-electron chi connectivity index (χ2n) is 5.09. The van der Waals surface area contributed by atoms with Gasteiger partial charge in [0, 0.05) is 37.6 Å². The quantitative estimate of drug-likeness (QED) is 0.651. The summed E-state index contributed by atoms with van der Waals surface area (Å²) in [6.07, 6.45) is 2.03. The van der Waals surface area contributed by atoms with Crippen molar-refractivity contribution in [1.29, 1.82) is 5.41 Å². The van der Waals surface area contributed by atoms with Gasteiger partial charge in [0.2, 0.25) is 0 Å². The van der Waals surface area contributed by atoms with Gasteiger partial charge in [0.1, 0.15) is 0 Å². The van der Waals surface area contributed by atoms with E-state index in [0.29, 0.717) is 5.71 Å². The van der Waals surface area contributed by atoms with Crippen LogP contribution in [0.25, 0.3) is 5.57 Å². The fourth-order valence-electron chi connectivity index (χ4n) is 2.49. The summed E-state index contributed by atoms with van der Waals surface area (Å²) in [5.74, 6) is 0. The highest BCUT2D eigenvalue weighted by atomic mass is 15.2. The highest BCUT2D eigenvalue weighted by Gasteiger charge is 2.11. The van der Waals surface area contributed by atoms with Gasteiger partial charge in [-0.2, -0.15) is 0 Å². The molecule has 2 N–H and O–H groups in total. The molecule has 0 saturated carbocycles. The van der Waals surface area contributed by atoms with Gasteiger partial charge in [-0.05, 0) is 42.7 Å². The number of hydrogen-bond acceptors (Lipinski definition) is 3. The molecule has 0 spiro atoms. The molecule has 0 atom stereocenters. The first-order valence-corrected chi connectivity index (χ1v) is 7.10. The Bertz CT molecular complexity index is 520. The molecule has 0 unspecified atom stereocenters. The Morgan fingerprint density at radius 2 is 1.85 bits per heavy atom. The van der Waals surface area contributed by atoms with Crippen molar-refractivity contribution in [2.45, 2.75) is 13.8 Å². The molecule has 0 amide bonds. The Labute approximate surface area is 121 Å². The van der Waals surface area contributed by atoms with E-state index in [1.807, 2.05) is 13.0 Å². The van der Waals surface area contributed by atoms with Crippen LogP contribution in [0, 0.1) is 5.41 Å². The predicted octanol–water partition coefficient (Wildman–Crippen LogP) is 3.10. The molecule has 1 aliphatic rings. The summed E-state index contributed by atoms with van der Waals surface area (Å²) in [4.78, 5) is 2.40. The van der Waals surface area contributed by atoms with Gasteiger partial charge in [-0.1, -0.05) is 24.8 Å². The van der Waals surface area contributed by atoms with Crippen LogP contribution in [0.4, 0.5) is 5.69 Å². The molecule has 3 nitrogen and oxygen atoms in total. The molecule has 20 heavy (non-hydrogen) atoms. The zero-order valence-corrected chi connectivity index (χ0v) is 12.4. The van der Waals surface area contributed by atoms with Crippen LogP contribution < -0.4 is 10.2 Å². The highest BCUT2D eigenvalue weighted by molar-refractivity contribution is 6.09. The zero-order chi connectivity index (χ0) is 14.5. The largest absolute Gasteiger partial charge is 0.369 e. The van der Waals surface area contributed by atoms with E-state index in [1.54, 1.807) is 6.92 Å². The fourth-order valence-corrected chi connectivity index (χ4v) is 2.49. The summed E-state index contributed by atoms with van der Waals surface area (Å²) < 4.78 is 0. The van der Waals surface area contributed by atoms with E-state index in [0.717, 1.165) is 42.9 Å². The van der Waals surface area contributed by atoms with Crippen molar-refractivity contribution >= 4 is 17.0 Å². The molecule has 1 aromatic rings. The van der Waals surface area contributed by atoms with Crippen molar-refractivity contribution in [2.75, 3.05) is 31.1 Å². The molecule has 106 valence electrons. The molecular weight excluding hydrogens is 246 g/mol. The van der Waals surface area contributed by atoms with Crippen LogP contribution in [0.3, 0.4) is 0 Å². The molecule has 1 heterocycles. The van der Waals surface area contributed by atoms with Crippen molar-refractivity contribution in [3.63, 3.8) is 0 Å². The Balaban J connectivity index is 2.18. The molecule has 0 radical (unpaired) electrons. The van der Waals surface area contributed by atoms with Gasteiger partial charge >= 0.3 is 0 Å². The zero-order valence-electron chi connectivity index (χ0n) is 12.4. The van der Waals surface area contributed by atoms with Gasteiger partial charge in [0.25, 0.3) is 0 Å². The van der Waals surface area contributed by atoms with Crippen LogP contribution in [-0.4, -0.2) is 31.9 Å². The molecule has 3 heteroatoms. The van der Waals surface area contributed by atoms with Crippen LogP contribution in [0.5, 0.6) is 0 Å². The predicted molar refractivity (Wildman–Crippen MR) is 87.7 cm³/mol. The number of nitrogens with zero attached hydrogens (tertiary/aromatic N) is 1. The van der Waals surface area contributed by atoms with Crippen molar-refractivity contribution in [1.82, 2.24) is 5.32 Å². The second-order valence-corrected chi connectivity index (χ2v) is 5.09. The van der Waals surface area contributed by atoms with E-state index in [9.17, 15) is 0 Å². The molecule has 0 aromatic heterocycles. The van der Waals surface area contributed by atoms with E-state index >= 15 is 0 Å². The summed E-state index contributed by atoms with van der Waals surface area (Å²) in [6, 6.07) is 8.58. The molecule has 0 aliphatic carbocycles. The third-order valence-electron chi connectivity index (χ3n) is 3.73. The molecule has 1 fully saturated rings. The maximum absolute atomic E-state index is 7.73. The highest BCUT2D eigenvalue weighted by Crippen LogP contribution is 2.25. The SMILES string of the molecule is C=C(C(C)=N)/C(=C\C)c1ccc(N2CCNCC2)cc1. The lowest BCUT2D eigenvalue weighted by Gasteiger charge is -2.29. The minimum atomic E-state index is 0.518. The third-order valence-corrected chi connectivity index (χ3v) is 3.73. The van der Waals surface area contributed by atoms with E-state index in [1.165, 1.54) is 5.69 Å². The normalized spacial score (nSPS) is 16.1. The van der Waals surface area contributed by atoms with E-state index in [2.05, 4.69) is 41.1 Å². The smallest absolute Gasteiger partial charge is 0.0367 e. The van der Waals surface area contributed by atoms with E-state index < -0.39 is 0 Å². The van der Waals surface area contributed by atoms with Crippen molar-refractivity contribution in [3.8, 4) is 0 Å². The average molecular weight is 269 g/mol. The Morgan fingerprint density at radius 3 is 2.35 bits per heavy atom. The van der Waals surface area contributed by atoms with Gasteiger partial charge < -0.3 is 15.6 Å². The standard InChI is InChI=1S/C17H23N3/c1-4-17(13(2)14(3)18)15-5-7-16(8-6-15)20-11-9-19-10-12-20/h4-8,18-19H,2,9-12H2,1,3H3/b17-4+,18-14?. The number of anilines is 1. The number of hydrogen-bond donors (Lipinski definition) is 2. The lowest BCUT2D eigenvalue weighted by atomic mass is 9.96. The van der Waals surface area contributed by atoms with Crippen LogP contribution in [0.15, 0.2) is 42.5 Å². The monoisotopic (exact) mass is 269 g/mol. The molecule has 0 bridgehead atoms. The van der Waals surface area contributed by atoms with Crippen LogP contribution in [0.2, 0.25) is 0 Å². The third kappa shape index (κ3) is 3.17. The lowest BCUT2D eigenvalue weighted by molar-refractivity contribution is 0.589. The summed E-state index contributed by atoms with van der Waals surface area (Å²) in [5, 5.41) is 11.1. The number of nitrogens with one attached hydrogen (secondary N) is 2. The summed E-state index contributed by atoms with van der Waals surface area (Å²) >= 11 is 0. The molecule has 2 rings (SSSR count). The van der Waals surface area contributed by atoms with Crippen LogP contribution in [0.1, 0.15) is 19.4 Å². The van der Waals surface area contributed by atoms with Crippen LogP contribution >= 0.6 is 0 Å². The minimum Gasteiger partial charge on any atom is -0.369 e. The first-order valence-electron chi connectivity index (χ1n) is 7.10. The fraction of sp³-hybridized carbons (Fsp3) is 0.353. The van der Waals surface area contributed by atoms with Crippen molar-refractivity contribution < 1.29 is 0 Å². The maximum Gasteiger partial charge on any atom is 0.0367 e. The average Bonchev–Trinajstić information content (AvgIpc) is 2.49. The first-order chi connectivity index (χ1) is 9.63. The number of piperazine rings is 1. The van der Waals surface area contributed by atoms with Gasteiger partial charge in [0.15, 0.2) is 0 Å². The lowest BCUT2D eigenvalue weighted by Crippen LogP contribution is -2.43. The second kappa shape index (κ2) is 6.53. The summed E-state index contributed by atoms with van der Waals surface area (Å²) in [5.41, 5.74) is 4.75. The van der Waals surface area contributed by atoms with E-state index in [4.69, 9.17) is 5.41 Å². The molecular formula is C17H23N3. The number of benzene rings is 1. The summed E-state index contributed by atoms with van der Waals surface area (Å²) in [7, 11) is 0. The van der Waals surface area contributed by atoms with Crippen molar-refractivity contribution in [2.24, 2.45) is 0 Å². The number of allylic oxidation sites excluding steroid dienone is 3. The topological polar surface area (TPSA) is 39.1 Å². The number of rotatable bonds is 4.